The molecule has 0 fully saturated rings. The zero-order valence-corrected chi connectivity index (χ0v) is 10.1. The van der Waals surface area contributed by atoms with Gasteiger partial charge in [-0.2, -0.15) is 4.98 Å². The van der Waals surface area contributed by atoms with Gasteiger partial charge < -0.3 is 15.7 Å². The Kier molecular flexibility index (Phi) is 4.98. The molecular formula is C11H20N4O. The van der Waals surface area contributed by atoms with Gasteiger partial charge >= 0.3 is 0 Å². The van der Waals surface area contributed by atoms with Crippen LogP contribution in [0.5, 0.6) is 0 Å². The Balaban J connectivity index is 2.46. The first kappa shape index (κ1) is 12.7. The van der Waals surface area contributed by atoms with Gasteiger partial charge in [0, 0.05) is 25.4 Å². The van der Waals surface area contributed by atoms with Crippen molar-refractivity contribution in [2.45, 2.75) is 32.8 Å². The molecule has 0 aliphatic heterocycles. The third kappa shape index (κ3) is 4.02. The molecule has 1 rings (SSSR count). The van der Waals surface area contributed by atoms with Crippen LogP contribution in [0, 0.1) is 6.92 Å². The zero-order chi connectivity index (χ0) is 12.0. The third-order valence-corrected chi connectivity index (χ3v) is 2.29. The van der Waals surface area contributed by atoms with E-state index in [0.29, 0.717) is 5.95 Å². The number of hydrogen-bond donors (Lipinski definition) is 3. The highest BCUT2D eigenvalue weighted by Gasteiger charge is 2.02. The van der Waals surface area contributed by atoms with Crippen molar-refractivity contribution < 1.29 is 5.11 Å². The minimum atomic E-state index is -0.235. The average molecular weight is 224 g/mol. The molecule has 1 aromatic heterocycles. The van der Waals surface area contributed by atoms with Crippen LogP contribution in [-0.4, -0.2) is 34.8 Å². The molecule has 0 amide bonds. The fourth-order valence-corrected chi connectivity index (χ4v) is 1.35. The zero-order valence-electron chi connectivity index (χ0n) is 10.1. The van der Waals surface area contributed by atoms with E-state index in [4.69, 9.17) is 5.11 Å². The molecule has 0 saturated carbocycles. The largest absolute Gasteiger partial charge is 0.393 e. The molecule has 5 nitrogen and oxygen atoms in total. The summed E-state index contributed by atoms with van der Waals surface area (Å²) in [7, 11) is 1.79. The van der Waals surface area contributed by atoms with Crippen LogP contribution in [0.2, 0.25) is 0 Å². The van der Waals surface area contributed by atoms with Crippen LogP contribution in [0.3, 0.4) is 0 Å². The quantitative estimate of drug-likeness (QED) is 0.637. The monoisotopic (exact) mass is 224 g/mol. The molecule has 0 bridgehead atoms. The number of rotatable bonds is 6. The van der Waals surface area contributed by atoms with Crippen molar-refractivity contribution in [1.29, 1.82) is 0 Å². The number of aromatic nitrogens is 2. The molecule has 1 unspecified atom stereocenters. The molecule has 1 heterocycles. The standard InChI is InChI=1S/C11H20N4O/c1-8-7-14-11(12-3)15-10(8)13-6-4-5-9(2)16/h7,9,16H,4-6H2,1-3H3,(H2,12,13,14,15). The first-order chi connectivity index (χ1) is 7.63. The molecule has 1 atom stereocenters. The Morgan fingerprint density at radius 1 is 1.50 bits per heavy atom. The average Bonchev–Trinajstić information content (AvgIpc) is 2.26. The van der Waals surface area contributed by atoms with Gasteiger partial charge in [-0.3, -0.25) is 0 Å². The van der Waals surface area contributed by atoms with Crippen LogP contribution < -0.4 is 10.6 Å². The predicted molar refractivity (Wildman–Crippen MR) is 65.7 cm³/mol. The topological polar surface area (TPSA) is 70.1 Å². The van der Waals surface area contributed by atoms with Gasteiger partial charge in [0.2, 0.25) is 5.95 Å². The van der Waals surface area contributed by atoms with E-state index < -0.39 is 0 Å². The highest BCUT2D eigenvalue weighted by molar-refractivity contribution is 5.46. The Hall–Kier alpha value is -1.36. The van der Waals surface area contributed by atoms with Crippen molar-refractivity contribution in [2.75, 3.05) is 24.2 Å². The fraction of sp³-hybridized carbons (Fsp3) is 0.636. The van der Waals surface area contributed by atoms with Gasteiger partial charge in [0.05, 0.1) is 6.10 Å². The number of hydrogen-bond acceptors (Lipinski definition) is 5. The van der Waals surface area contributed by atoms with Crippen molar-refractivity contribution in [3.05, 3.63) is 11.8 Å². The summed E-state index contributed by atoms with van der Waals surface area (Å²) in [6.45, 7) is 4.58. The van der Waals surface area contributed by atoms with Crippen LogP contribution in [0.25, 0.3) is 0 Å². The van der Waals surface area contributed by atoms with E-state index in [-0.39, 0.29) is 6.10 Å². The van der Waals surface area contributed by atoms with Gasteiger partial charge in [0.1, 0.15) is 5.82 Å². The van der Waals surface area contributed by atoms with E-state index in [1.807, 2.05) is 6.92 Å². The Morgan fingerprint density at radius 2 is 2.25 bits per heavy atom. The summed E-state index contributed by atoms with van der Waals surface area (Å²) in [4.78, 5) is 8.42. The number of aryl methyl sites for hydroxylation is 1. The lowest BCUT2D eigenvalue weighted by Gasteiger charge is -2.10. The van der Waals surface area contributed by atoms with Crippen LogP contribution >= 0.6 is 0 Å². The number of aliphatic hydroxyl groups excluding tert-OH is 1. The summed E-state index contributed by atoms with van der Waals surface area (Å²) >= 11 is 0. The molecule has 16 heavy (non-hydrogen) atoms. The lowest BCUT2D eigenvalue weighted by molar-refractivity contribution is 0.183. The number of anilines is 2. The minimum absolute atomic E-state index is 0.235. The normalized spacial score (nSPS) is 12.2. The predicted octanol–water partition coefficient (Wildman–Crippen LogP) is 1.40. The first-order valence-corrected chi connectivity index (χ1v) is 5.57. The SMILES string of the molecule is CNc1ncc(C)c(NCCCC(C)O)n1. The summed E-state index contributed by atoms with van der Waals surface area (Å²) in [5.74, 6) is 1.47. The van der Waals surface area contributed by atoms with Crippen molar-refractivity contribution in [3.8, 4) is 0 Å². The van der Waals surface area contributed by atoms with Crippen LogP contribution in [0.1, 0.15) is 25.3 Å². The summed E-state index contributed by atoms with van der Waals surface area (Å²) in [6.07, 6.45) is 3.28. The Bertz CT molecular complexity index is 328. The molecule has 0 aliphatic carbocycles. The maximum atomic E-state index is 9.12. The maximum absolute atomic E-state index is 9.12. The van der Waals surface area contributed by atoms with Gasteiger partial charge in [0.25, 0.3) is 0 Å². The molecule has 0 radical (unpaired) electrons. The van der Waals surface area contributed by atoms with Gasteiger partial charge in [0.15, 0.2) is 0 Å². The summed E-state index contributed by atoms with van der Waals surface area (Å²) in [5, 5.41) is 15.3. The second kappa shape index (κ2) is 6.27. The molecule has 90 valence electrons. The summed E-state index contributed by atoms with van der Waals surface area (Å²) in [5.41, 5.74) is 1.02. The Labute approximate surface area is 96.3 Å². The fourth-order valence-electron chi connectivity index (χ4n) is 1.35. The lowest BCUT2D eigenvalue weighted by atomic mass is 10.2. The van der Waals surface area contributed by atoms with E-state index in [1.54, 1.807) is 20.2 Å². The molecule has 0 saturated heterocycles. The van der Waals surface area contributed by atoms with Gasteiger partial charge in [-0.05, 0) is 26.7 Å². The van der Waals surface area contributed by atoms with Gasteiger partial charge in [-0.15, -0.1) is 0 Å². The van der Waals surface area contributed by atoms with Gasteiger partial charge in [-0.1, -0.05) is 0 Å². The molecular weight excluding hydrogens is 204 g/mol. The molecule has 3 N–H and O–H groups in total. The van der Waals surface area contributed by atoms with Crippen molar-refractivity contribution in [3.63, 3.8) is 0 Å². The molecule has 0 aliphatic rings. The van der Waals surface area contributed by atoms with Gasteiger partial charge in [-0.25, -0.2) is 4.98 Å². The van der Waals surface area contributed by atoms with E-state index in [9.17, 15) is 0 Å². The first-order valence-electron chi connectivity index (χ1n) is 5.57. The lowest BCUT2D eigenvalue weighted by Crippen LogP contribution is -2.09. The number of nitrogens with zero attached hydrogens (tertiary/aromatic N) is 2. The highest BCUT2D eigenvalue weighted by Crippen LogP contribution is 2.12. The van der Waals surface area contributed by atoms with Crippen molar-refractivity contribution in [1.82, 2.24) is 9.97 Å². The molecule has 5 heteroatoms. The van der Waals surface area contributed by atoms with Crippen molar-refractivity contribution >= 4 is 11.8 Å². The van der Waals surface area contributed by atoms with Crippen LogP contribution in [0.15, 0.2) is 6.20 Å². The van der Waals surface area contributed by atoms with E-state index >= 15 is 0 Å². The molecule has 1 aromatic rings. The Morgan fingerprint density at radius 3 is 2.88 bits per heavy atom. The maximum Gasteiger partial charge on any atom is 0.224 e. The van der Waals surface area contributed by atoms with Crippen LogP contribution in [-0.2, 0) is 0 Å². The van der Waals surface area contributed by atoms with Crippen LogP contribution in [0.4, 0.5) is 11.8 Å². The third-order valence-electron chi connectivity index (χ3n) is 2.29. The van der Waals surface area contributed by atoms with E-state index in [2.05, 4.69) is 20.6 Å². The second-order valence-electron chi connectivity index (χ2n) is 3.89. The minimum Gasteiger partial charge on any atom is -0.393 e. The van der Waals surface area contributed by atoms with E-state index in [1.165, 1.54) is 0 Å². The summed E-state index contributed by atoms with van der Waals surface area (Å²) < 4.78 is 0. The second-order valence-corrected chi connectivity index (χ2v) is 3.89. The highest BCUT2D eigenvalue weighted by atomic mass is 16.3. The number of aliphatic hydroxyl groups is 1. The van der Waals surface area contributed by atoms with E-state index in [0.717, 1.165) is 30.8 Å². The number of nitrogens with one attached hydrogen (secondary N) is 2. The van der Waals surface area contributed by atoms with Crippen molar-refractivity contribution in [2.24, 2.45) is 0 Å². The molecule has 0 aromatic carbocycles. The summed E-state index contributed by atoms with van der Waals surface area (Å²) in [6, 6.07) is 0. The molecule has 0 spiro atoms. The smallest absolute Gasteiger partial charge is 0.224 e.